The third kappa shape index (κ3) is 4.19. The molecule has 2 aromatic rings. The molecule has 1 aromatic carbocycles. The summed E-state index contributed by atoms with van der Waals surface area (Å²) < 4.78 is 5.47. The molecule has 0 radical (unpaired) electrons. The quantitative estimate of drug-likeness (QED) is 0.892. The summed E-state index contributed by atoms with van der Waals surface area (Å²) in [5, 5.41) is 6.33. The number of piperazine rings is 1. The first-order valence-corrected chi connectivity index (χ1v) is 9.67. The van der Waals surface area contributed by atoms with Gasteiger partial charge in [-0.05, 0) is 45.0 Å². The van der Waals surface area contributed by atoms with Crippen molar-refractivity contribution >= 4 is 17.2 Å². The molecule has 2 atom stereocenters. The van der Waals surface area contributed by atoms with E-state index in [1.165, 1.54) is 0 Å². The molecule has 1 aliphatic rings. The topological polar surface area (TPSA) is 54.5 Å². The van der Waals surface area contributed by atoms with Crippen LogP contribution in [0, 0.1) is 0 Å². The van der Waals surface area contributed by atoms with Gasteiger partial charge in [0.15, 0.2) is 0 Å². The van der Waals surface area contributed by atoms with Gasteiger partial charge in [-0.2, -0.15) is 0 Å². The number of carbonyl (C=O) groups is 1. The van der Waals surface area contributed by atoms with Crippen molar-refractivity contribution in [1.29, 1.82) is 0 Å². The first kappa shape index (κ1) is 17.9. The van der Waals surface area contributed by atoms with Gasteiger partial charge in [0.05, 0.1) is 18.7 Å². The van der Waals surface area contributed by atoms with E-state index in [4.69, 9.17) is 4.74 Å². The fourth-order valence-corrected chi connectivity index (χ4v) is 3.87. The molecule has 0 bridgehead atoms. The van der Waals surface area contributed by atoms with Gasteiger partial charge in [0, 0.05) is 36.1 Å². The van der Waals surface area contributed by atoms with Gasteiger partial charge in [-0.1, -0.05) is 0 Å². The van der Waals surface area contributed by atoms with E-state index in [0.717, 1.165) is 35.1 Å². The zero-order valence-electron chi connectivity index (χ0n) is 15.0. The number of carbonyl (C=O) groups excluding carboxylic acids is 1. The van der Waals surface area contributed by atoms with Gasteiger partial charge in [0.25, 0.3) is 0 Å². The van der Waals surface area contributed by atoms with E-state index in [2.05, 4.69) is 24.1 Å². The lowest BCUT2D eigenvalue weighted by Gasteiger charge is -2.38. The van der Waals surface area contributed by atoms with E-state index in [1.807, 2.05) is 41.5 Å². The second kappa shape index (κ2) is 7.97. The Balaban J connectivity index is 1.66. The number of aromatic nitrogens is 1. The third-order valence-corrected chi connectivity index (χ3v) is 5.59. The highest BCUT2D eigenvalue weighted by atomic mass is 32.1. The maximum Gasteiger partial charge on any atom is 0.228 e. The molecular formula is C19H25N3O2S. The van der Waals surface area contributed by atoms with Crippen LogP contribution in [0.4, 0.5) is 0 Å². The second-order valence-electron chi connectivity index (χ2n) is 6.35. The van der Waals surface area contributed by atoms with Crippen molar-refractivity contribution in [3.63, 3.8) is 0 Å². The van der Waals surface area contributed by atoms with Crippen LogP contribution in [0.25, 0.3) is 10.6 Å². The number of thiazole rings is 1. The first-order chi connectivity index (χ1) is 12.1. The van der Waals surface area contributed by atoms with Gasteiger partial charge >= 0.3 is 0 Å². The molecule has 5 nitrogen and oxygen atoms in total. The molecule has 0 spiro atoms. The van der Waals surface area contributed by atoms with E-state index < -0.39 is 0 Å². The van der Waals surface area contributed by atoms with Crippen LogP contribution in [0.1, 0.15) is 26.5 Å². The zero-order valence-corrected chi connectivity index (χ0v) is 15.8. The monoisotopic (exact) mass is 359 g/mol. The molecule has 1 saturated heterocycles. The number of nitrogens with zero attached hydrogens (tertiary/aromatic N) is 2. The molecule has 134 valence electrons. The smallest absolute Gasteiger partial charge is 0.228 e. The van der Waals surface area contributed by atoms with Gasteiger partial charge in [-0.15, -0.1) is 11.3 Å². The van der Waals surface area contributed by atoms with Crippen molar-refractivity contribution in [2.75, 3.05) is 19.7 Å². The van der Waals surface area contributed by atoms with Crippen LogP contribution >= 0.6 is 11.3 Å². The molecule has 1 fully saturated rings. The maximum atomic E-state index is 12.6. The summed E-state index contributed by atoms with van der Waals surface area (Å²) in [6, 6.07) is 8.47. The van der Waals surface area contributed by atoms with Gasteiger partial charge < -0.3 is 15.0 Å². The first-order valence-electron chi connectivity index (χ1n) is 8.79. The summed E-state index contributed by atoms with van der Waals surface area (Å²) in [5.41, 5.74) is 1.90. The summed E-state index contributed by atoms with van der Waals surface area (Å²) in [5.74, 6) is 1.02. The Labute approximate surface area is 153 Å². The molecule has 6 heteroatoms. The summed E-state index contributed by atoms with van der Waals surface area (Å²) >= 11 is 1.58. The predicted octanol–water partition coefficient (Wildman–Crippen LogP) is 2.96. The van der Waals surface area contributed by atoms with Crippen molar-refractivity contribution in [3.8, 4) is 16.3 Å². The molecule has 1 aliphatic heterocycles. The number of rotatable bonds is 5. The molecular weight excluding hydrogens is 334 g/mol. The highest BCUT2D eigenvalue weighted by Gasteiger charge is 2.28. The van der Waals surface area contributed by atoms with Crippen LogP contribution in [-0.2, 0) is 11.2 Å². The van der Waals surface area contributed by atoms with E-state index in [0.29, 0.717) is 19.1 Å². The number of benzene rings is 1. The van der Waals surface area contributed by atoms with Crippen LogP contribution in [0.3, 0.4) is 0 Å². The lowest BCUT2D eigenvalue weighted by molar-refractivity contribution is -0.134. The minimum Gasteiger partial charge on any atom is -0.494 e. The van der Waals surface area contributed by atoms with Crippen LogP contribution in [0.15, 0.2) is 29.6 Å². The Hall–Kier alpha value is -1.92. The maximum absolute atomic E-state index is 12.6. The van der Waals surface area contributed by atoms with E-state index in [9.17, 15) is 4.79 Å². The number of ether oxygens (including phenoxy) is 1. The third-order valence-electron chi connectivity index (χ3n) is 4.65. The van der Waals surface area contributed by atoms with Gasteiger partial charge in [0.1, 0.15) is 10.8 Å². The fourth-order valence-electron chi connectivity index (χ4n) is 3.05. The van der Waals surface area contributed by atoms with E-state index in [-0.39, 0.29) is 11.9 Å². The summed E-state index contributed by atoms with van der Waals surface area (Å²) in [6.45, 7) is 8.47. The molecule has 3 rings (SSSR count). The average Bonchev–Trinajstić information content (AvgIpc) is 3.06. The number of amides is 1. The normalized spacial score (nSPS) is 20.5. The summed E-state index contributed by atoms with van der Waals surface area (Å²) in [4.78, 5) is 19.3. The highest BCUT2D eigenvalue weighted by molar-refractivity contribution is 7.13. The zero-order chi connectivity index (χ0) is 17.8. The van der Waals surface area contributed by atoms with Crippen LogP contribution in [0.2, 0.25) is 0 Å². The molecule has 2 heterocycles. The molecule has 2 unspecified atom stereocenters. The Morgan fingerprint density at radius 1 is 1.36 bits per heavy atom. The molecule has 0 aliphatic carbocycles. The SMILES string of the molecule is CCOc1ccc(-c2nc(CC(=O)N3CCNC(C)C3C)cs2)cc1. The van der Waals surface area contributed by atoms with Crippen molar-refractivity contribution in [1.82, 2.24) is 15.2 Å². The Morgan fingerprint density at radius 2 is 2.12 bits per heavy atom. The minimum atomic E-state index is 0.157. The van der Waals surface area contributed by atoms with Gasteiger partial charge in [-0.25, -0.2) is 4.98 Å². The lowest BCUT2D eigenvalue weighted by atomic mass is 10.1. The van der Waals surface area contributed by atoms with E-state index >= 15 is 0 Å². The van der Waals surface area contributed by atoms with Crippen LogP contribution in [-0.4, -0.2) is 47.6 Å². The Morgan fingerprint density at radius 3 is 2.84 bits per heavy atom. The van der Waals surface area contributed by atoms with Gasteiger partial charge in [0.2, 0.25) is 5.91 Å². The summed E-state index contributed by atoms with van der Waals surface area (Å²) in [6.07, 6.45) is 0.366. The molecule has 1 aromatic heterocycles. The second-order valence-corrected chi connectivity index (χ2v) is 7.21. The predicted molar refractivity (Wildman–Crippen MR) is 101 cm³/mol. The molecule has 25 heavy (non-hydrogen) atoms. The average molecular weight is 359 g/mol. The molecule has 1 amide bonds. The molecule has 1 N–H and O–H groups in total. The lowest BCUT2D eigenvalue weighted by Crippen LogP contribution is -2.57. The Kier molecular flexibility index (Phi) is 5.71. The van der Waals surface area contributed by atoms with Crippen molar-refractivity contribution in [2.45, 2.75) is 39.3 Å². The highest BCUT2D eigenvalue weighted by Crippen LogP contribution is 2.26. The van der Waals surface area contributed by atoms with Gasteiger partial charge in [-0.3, -0.25) is 4.79 Å². The number of hydrogen-bond acceptors (Lipinski definition) is 5. The largest absolute Gasteiger partial charge is 0.494 e. The number of nitrogens with one attached hydrogen (secondary N) is 1. The van der Waals surface area contributed by atoms with Crippen molar-refractivity contribution in [2.24, 2.45) is 0 Å². The fraction of sp³-hybridized carbons (Fsp3) is 0.474. The van der Waals surface area contributed by atoms with Crippen LogP contribution < -0.4 is 10.1 Å². The summed E-state index contributed by atoms with van der Waals surface area (Å²) in [7, 11) is 0. The van der Waals surface area contributed by atoms with Crippen molar-refractivity contribution in [3.05, 3.63) is 35.3 Å². The molecule has 0 saturated carbocycles. The van der Waals surface area contributed by atoms with Crippen molar-refractivity contribution < 1.29 is 9.53 Å². The van der Waals surface area contributed by atoms with E-state index in [1.54, 1.807) is 11.3 Å². The van der Waals surface area contributed by atoms with Crippen LogP contribution in [0.5, 0.6) is 5.75 Å². The standard InChI is InChI=1S/C19H25N3O2S/c1-4-24-17-7-5-15(6-8-17)19-21-16(12-25-19)11-18(23)22-10-9-20-13(2)14(22)3/h5-8,12-14,20H,4,9-11H2,1-3H3. The minimum absolute atomic E-state index is 0.157. The Bertz CT molecular complexity index is 714. The number of hydrogen-bond donors (Lipinski definition) is 1.